The van der Waals surface area contributed by atoms with Gasteiger partial charge in [-0.05, 0) is 0 Å². The predicted octanol–water partition coefficient (Wildman–Crippen LogP) is 0.122. The third-order valence-corrected chi connectivity index (χ3v) is 2.52. The molecule has 1 heterocycles. The van der Waals surface area contributed by atoms with Gasteiger partial charge in [0.25, 0.3) is 0 Å². The highest BCUT2D eigenvalue weighted by Gasteiger charge is 2.29. The fourth-order valence-corrected chi connectivity index (χ4v) is 1.76. The van der Waals surface area contributed by atoms with E-state index in [1.54, 1.807) is 11.8 Å². The summed E-state index contributed by atoms with van der Waals surface area (Å²) >= 11 is 1.64. The second-order valence-electron chi connectivity index (χ2n) is 2.04. The number of carboxylic acid groups (broad SMARTS) is 1. The van der Waals surface area contributed by atoms with Crippen molar-refractivity contribution in [3.8, 4) is 0 Å². The second kappa shape index (κ2) is 2.58. The van der Waals surface area contributed by atoms with Gasteiger partial charge >= 0.3 is 5.97 Å². The fraction of sp³-hybridized carbons (Fsp3) is 0.800. The number of hydrogen-bond donors (Lipinski definition) is 2. The Hall–Kier alpha value is -0.220. The van der Waals surface area contributed by atoms with Crippen molar-refractivity contribution < 1.29 is 9.90 Å². The minimum Gasteiger partial charge on any atom is -0.480 e. The average molecular weight is 147 g/mol. The molecule has 2 N–H and O–H groups in total. The molecule has 0 saturated carbocycles. The van der Waals surface area contributed by atoms with Crippen LogP contribution in [0.5, 0.6) is 0 Å². The highest BCUT2D eigenvalue weighted by Crippen LogP contribution is 2.19. The number of thioether (sulfide) groups is 1. The molecule has 1 aliphatic heterocycles. The molecule has 0 radical (unpaired) electrons. The van der Waals surface area contributed by atoms with Crippen molar-refractivity contribution in [2.75, 3.05) is 5.88 Å². The van der Waals surface area contributed by atoms with Crippen LogP contribution in [0.4, 0.5) is 0 Å². The van der Waals surface area contributed by atoms with E-state index >= 15 is 0 Å². The van der Waals surface area contributed by atoms with Crippen molar-refractivity contribution in [3.05, 3.63) is 0 Å². The highest BCUT2D eigenvalue weighted by molar-refractivity contribution is 8.00. The number of aliphatic carboxylic acids is 1. The Morgan fingerprint density at radius 2 is 2.56 bits per heavy atom. The smallest absolute Gasteiger partial charge is 0.321 e. The van der Waals surface area contributed by atoms with Gasteiger partial charge in [-0.2, -0.15) is 0 Å². The maximum absolute atomic E-state index is 10.3. The average Bonchev–Trinajstić information content (AvgIpc) is 2.13. The van der Waals surface area contributed by atoms with Crippen LogP contribution in [0.2, 0.25) is 0 Å². The van der Waals surface area contributed by atoms with Gasteiger partial charge in [0.05, 0.1) is 0 Å². The summed E-state index contributed by atoms with van der Waals surface area (Å²) in [5, 5.41) is 11.6. The van der Waals surface area contributed by atoms with Gasteiger partial charge in [-0.3, -0.25) is 10.1 Å². The van der Waals surface area contributed by atoms with Gasteiger partial charge in [-0.15, -0.1) is 11.8 Å². The molecule has 52 valence electrons. The van der Waals surface area contributed by atoms with E-state index in [0.29, 0.717) is 0 Å². The zero-order chi connectivity index (χ0) is 6.85. The van der Waals surface area contributed by atoms with E-state index in [0.717, 1.165) is 5.88 Å². The third kappa shape index (κ3) is 1.37. The normalized spacial score (nSPS) is 34.8. The van der Waals surface area contributed by atoms with Crippen LogP contribution in [0.1, 0.15) is 6.92 Å². The van der Waals surface area contributed by atoms with Crippen LogP contribution in [0, 0.1) is 0 Å². The quantitative estimate of drug-likeness (QED) is 0.553. The molecule has 0 amide bonds. The number of carbonyl (C=O) groups is 1. The van der Waals surface area contributed by atoms with Gasteiger partial charge in [0.1, 0.15) is 6.04 Å². The van der Waals surface area contributed by atoms with Crippen LogP contribution >= 0.6 is 11.8 Å². The van der Waals surface area contributed by atoms with Crippen LogP contribution in [0.3, 0.4) is 0 Å². The number of carboxylic acids is 1. The lowest BCUT2D eigenvalue weighted by Crippen LogP contribution is -2.36. The van der Waals surface area contributed by atoms with E-state index in [2.05, 4.69) is 5.32 Å². The first kappa shape index (κ1) is 6.89. The summed E-state index contributed by atoms with van der Waals surface area (Å²) < 4.78 is 0. The van der Waals surface area contributed by atoms with Gasteiger partial charge in [0, 0.05) is 11.1 Å². The minimum absolute atomic E-state index is 0.211. The maximum Gasteiger partial charge on any atom is 0.321 e. The van der Waals surface area contributed by atoms with E-state index < -0.39 is 5.97 Å². The lowest BCUT2D eigenvalue weighted by Gasteiger charge is -2.06. The van der Waals surface area contributed by atoms with E-state index in [1.165, 1.54) is 0 Å². The van der Waals surface area contributed by atoms with E-state index in [9.17, 15) is 4.79 Å². The minimum atomic E-state index is -0.743. The zero-order valence-electron chi connectivity index (χ0n) is 5.13. The summed E-state index contributed by atoms with van der Waals surface area (Å²) in [6, 6.07) is -0.338. The van der Waals surface area contributed by atoms with Crippen LogP contribution in [-0.4, -0.2) is 28.2 Å². The number of rotatable bonds is 1. The first-order chi connectivity index (χ1) is 4.22. The first-order valence-electron chi connectivity index (χ1n) is 2.79. The van der Waals surface area contributed by atoms with Crippen LogP contribution in [0.15, 0.2) is 0 Å². The molecule has 0 aromatic heterocycles. The Morgan fingerprint density at radius 3 is 2.78 bits per heavy atom. The summed E-state index contributed by atoms with van der Waals surface area (Å²) in [6.07, 6.45) is 0. The molecule has 1 saturated heterocycles. The predicted molar refractivity (Wildman–Crippen MR) is 36.5 cm³/mol. The molecule has 0 aromatic rings. The molecule has 0 aliphatic carbocycles. The summed E-state index contributed by atoms with van der Waals surface area (Å²) in [6.45, 7) is 1.92. The summed E-state index contributed by atoms with van der Waals surface area (Å²) in [4.78, 5) is 10.3. The Bertz CT molecular complexity index is 128. The largest absolute Gasteiger partial charge is 0.480 e. The topological polar surface area (TPSA) is 49.3 Å². The SMILES string of the molecule is C[C@@H]1SCN[C@H]1C(=O)O. The van der Waals surface area contributed by atoms with Crippen molar-refractivity contribution in [1.82, 2.24) is 5.32 Å². The summed E-state index contributed by atoms with van der Waals surface area (Å²) in [5.41, 5.74) is 0. The second-order valence-corrected chi connectivity index (χ2v) is 3.40. The molecule has 1 aliphatic rings. The zero-order valence-corrected chi connectivity index (χ0v) is 5.94. The van der Waals surface area contributed by atoms with Gasteiger partial charge in [-0.25, -0.2) is 0 Å². The molecule has 0 spiro atoms. The standard InChI is InChI=1S/C5H9NO2S/c1-3-4(5(7)8)6-2-9-3/h3-4,6H,2H2,1H3,(H,7,8)/t3-,4+/m0/s1. The van der Waals surface area contributed by atoms with E-state index in [4.69, 9.17) is 5.11 Å². The Kier molecular flexibility index (Phi) is 1.97. The molecule has 9 heavy (non-hydrogen) atoms. The molecule has 2 atom stereocenters. The molecular weight excluding hydrogens is 138 g/mol. The van der Waals surface area contributed by atoms with Crippen molar-refractivity contribution in [3.63, 3.8) is 0 Å². The molecule has 0 bridgehead atoms. The molecule has 1 fully saturated rings. The number of hydrogen-bond acceptors (Lipinski definition) is 3. The van der Waals surface area contributed by atoms with E-state index in [-0.39, 0.29) is 11.3 Å². The lowest BCUT2D eigenvalue weighted by atomic mass is 10.2. The van der Waals surface area contributed by atoms with Gasteiger partial charge in [0.2, 0.25) is 0 Å². The fourth-order valence-electron chi connectivity index (χ4n) is 0.820. The van der Waals surface area contributed by atoms with Crippen LogP contribution in [0.25, 0.3) is 0 Å². The molecule has 4 heteroatoms. The molecule has 1 rings (SSSR count). The lowest BCUT2D eigenvalue weighted by molar-refractivity contribution is -0.139. The first-order valence-corrected chi connectivity index (χ1v) is 3.84. The Labute approximate surface area is 57.8 Å². The maximum atomic E-state index is 10.3. The van der Waals surface area contributed by atoms with Crippen molar-refractivity contribution in [2.24, 2.45) is 0 Å². The molecule has 3 nitrogen and oxygen atoms in total. The van der Waals surface area contributed by atoms with Crippen molar-refractivity contribution in [1.29, 1.82) is 0 Å². The van der Waals surface area contributed by atoms with Crippen molar-refractivity contribution >= 4 is 17.7 Å². The highest BCUT2D eigenvalue weighted by atomic mass is 32.2. The summed E-state index contributed by atoms with van der Waals surface area (Å²) in [7, 11) is 0. The number of nitrogens with one attached hydrogen (secondary N) is 1. The Balaban J connectivity index is 2.49. The van der Waals surface area contributed by atoms with E-state index in [1.807, 2.05) is 6.92 Å². The molecular formula is C5H9NO2S. The Morgan fingerprint density at radius 1 is 1.89 bits per heavy atom. The molecule has 0 aromatic carbocycles. The van der Waals surface area contributed by atoms with Gasteiger partial charge in [0.15, 0.2) is 0 Å². The van der Waals surface area contributed by atoms with Crippen molar-refractivity contribution in [2.45, 2.75) is 18.2 Å². The van der Waals surface area contributed by atoms with Gasteiger partial charge < -0.3 is 5.11 Å². The summed E-state index contributed by atoms with van der Waals surface area (Å²) in [5.74, 6) is 0.0190. The third-order valence-electron chi connectivity index (χ3n) is 1.38. The molecule has 0 unspecified atom stereocenters. The van der Waals surface area contributed by atoms with Crippen LogP contribution in [-0.2, 0) is 4.79 Å². The van der Waals surface area contributed by atoms with Crippen LogP contribution < -0.4 is 5.32 Å². The van der Waals surface area contributed by atoms with Gasteiger partial charge in [-0.1, -0.05) is 6.92 Å². The monoisotopic (exact) mass is 147 g/mol.